The molecular formula is C12H10BrN5O6. The monoisotopic (exact) mass is 399 g/mol. The molecule has 1 aromatic heterocycles. The number of nitro benzene ring substituents is 1. The molecule has 0 spiro atoms. The number of nitrogens with zero attached hydrogens (tertiary/aromatic N) is 3. The van der Waals surface area contributed by atoms with E-state index in [0.29, 0.717) is 6.61 Å². The van der Waals surface area contributed by atoms with Gasteiger partial charge in [0.15, 0.2) is 5.69 Å². The minimum Gasteiger partial charge on any atom is -0.494 e. The van der Waals surface area contributed by atoms with Crippen molar-refractivity contribution in [3.8, 4) is 5.75 Å². The summed E-state index contributed by atoms with van der Waals surface area (Å²) in [6.45, 7) is 2.05. The van der Waals surface area contributed by atoms with Gasteiger partial charge in [-0.2, -0.15) is 0 Å². The van der Waals surface area contributed by atoms with E-state index in [-0.39, 0.29) is 27.3 Å². The lowest BCUT2D eigenvalue weighted by Crippen LogP contribution is -2.14. The number of carbonyl (C=O) groups excluding carboxylic acids is 1. The molecule has 1 amide bonds. The number of halogens is 1. The molecule has 0 fully saturated rings. The zero-order valence-electron chi connectivity index (χ0n) is 12.1. The number of aromatic nitrogens is 2. The second-order valence-electron chi connectivity index (χ2n) is 4.32. The Bertz CT molecular complexity index is 820. The van der Waals surface area contributed by atoms with Gasteiger partial charge in [0.05, 0.1) is 17.6 Å². The number of nitro groups is 2. The van der Waals surface area contributed by atoms with E-state index in [0.717, 1.165) is 0 Å². The number of H-pyrrole nitrogens is 1. The minimum absolute atomic E-state index is 0.0917. The van der Waals surface area contributed by atoms with Crippen LogP contribution in [0.2, 0.25) is 0 Å². The zero-order valence-corrected chi connectivity index (χ0v) is 13.7. The van der Waals surface area contributed by atoms with Gasteiger partial charge < -0.3 is 20.2 Å². The summed E-state index contributed by atoms with van der Waals surface area (Å²) in [4.78, 5) is 32.6. The molecule has 0 unspecified atom stereocenters. The fourth-order valence-electron chi connectivity index (χ4n) is 1.80. The zero-order chi connectivity index (χ0) is 17.9. The van der Waals surface area contributed by atoms with Crippen LogP contribution in [0.5, 0.6) is 5.75 Å². The van der Waals surface area contributed by atoms with E-state index in [1.165, 1.54) is 18.2 Å². The molecule has 1 heterocycles. The second-order valence-corrected chi connectivity index (χ2v) is 5.11. The van der Waals surface area contributed by atoms with Gasteiger partial charge in [0.1, 0.15) is 15.9 Å². The lowest BCUT2D eigenvalue weighted by molar-refractivity contribution is -0.390. The minimum atomic E-state index is -0.849. The molecule has 11 nitrogen and oxygen atoms in total. The van der Waals surface area contributed by atoms with Crippen LogP contribution in [0, 0.1) is 20.2 Å². The average molecular weight is 400 g/mol. The van der Waals surface area contributed by atoms with Crippen molar-refractivity contribution in [3.63, 3.8) is 0 Å². The van der Waals surface area contributed by atoms with Crippen molar-refractivity contribution in [1.29, 1.82) is 0 Å². The standard InChI is InChI=1S/C12H10BrN5O6/c1-2-24-6-3-4-7(8(5-6)17(20)21)14-12(19)10-9(13)11(16-15-10)18(22)23/h3-5H,2H2,1H3,(H,14,19)(H,15,16). The first kappa shape index (κ1) is 17.3. The second kappa shape index (κ2) is 7.04. The number of hydrogen-bond donors (Lipinski definition) is 2. The van der Waals surface area contributed by atoms with E-state index in [4.69, 9.17) is 4.74 Å². The van der Waals surface area contributed by atoms with Crippen molar-refractivity contribution >= 4 is 39.0 Å². The molecule has 0 saturated carbocycles. The van der Waals surface area contributed by atoms with Crippen LogP contribution < -0.4 is 10.1 Å². The number of aromatic amines is 1. The Balaban J connectivity index is 2.32. The van der Waals surface area contributed by atoms with Crippen LogP contribution in [0.25, 0.3) is 0 Å². The highest BCUT2D eigenvalue weighted by atomic mass is 79.9. The van der Waals surface area contributed by atoms with Gasteiger partial charge in [-0.1, -0.05) is 5.10 Å². The molecule has 2 rings (SSSR count). The van der Waals surface area contributed by atoms with Crippen LogP contribution in [0.4, 0.5) is 17.2 Å². The molecule has 0 aliphatic rings. The third-order valence-electron chi connectivity index (χ3n) is 2.81. The Morgan fingerprint density at radius 3 is 2.62 bits per heavy atom. The van der Waals surface area contributed by atoms with Crippen molar-refractivity contribution in [2.75, 3.05) is 11.9 Å². The maximum absolute atomic E-state index is 12.2. The largest absolute Gasteiger partial charge is 0.494 e. The molecule has 0 saturated heterocycles. The normalized spacial score (nSPS) is 10.2. The molecule has 1 aromatic carbocycles. The Morgan fingerprint density at radius 1 is 1.38 bits per heavy atom. The Kier molecular flexibility index (Phi) is 5.08. The van der Waals surface area contributed by atoms with Crippen molar-refractivity contribution in [1.82, 2.24) is 10.2 Å². The number of amides is 1. The van der Waals surface area contributed by atoms with E-state index in [2.05, 4.69) is 31.4 Å². The number of hydrogen-bond acceptors (Lipinski definition) is 7. The Labute approximate surface area is 142 Å². The highest BCUT2D eigenvalue weighted by Crippen LogP contribution is 2.31. The van der Waals surface area contributed by atoms with Gasteiger partial charge in [-0.3, -0.25) is 14.9 Å². The van der Waals surface area contributed by atoms with Crippen LogP contribution >= 0.6 is 15.9 Å². The molecule has 0 atom stereocenters. The van der Waals surface area contributed by atoms with Gasteiger partial charge in [-0.05, 0) is 39.9 Å². The van der Waals surface area contributed by atoms with Crippen molar-refractivity contribution in [2.45, 2.75) is 6.92 Å². The maximum Gasteiger partial charge on any atom is 0.357 e. The highest BCUT2D eigenvalue weighted by molar-refractivity contribution is 9.10. The molecule has 2 aromatic rings. The quantitative estimate of drug-likeness (QED) is 0.558. The summed E-state index contributed by atoms with van der Waals surface area (Å²) in [6.07, 6.45) is 0. The topological polar surface area (TPSA) is 153 Å². The number of rotatable bonds is 6. The van der Waals surface area contributed by atoms with Crippen LogP contribution in [0.1, 0.15) is 17.4 Å². The third-order valence-corrected chi connectivity index (χ3v) is 3.56. The van der Waals surface area contributed by atoms with E-state index < -0.39 is 21.6 Å². The van der Waals surface area contributed by atoms with Crippen molar-refractivity contribution in [2.24, 2.45) is 0 Å². The first-order chi connectivity index (χ1) is 11.3. The average Bonchev–Trinajstić information content (AvgIpc) is 2.90. The van der Waals surface area contributed by atoms with Gasteiger partial charge in [0, 0.05) is 0 Å². The fourth-order valence-corrected chi connectivity index (χ4v) is 2.30. The number of ether oxygens (including phenoxy) is 1. The third kappa shape index (κ3) is 3.48. The summed E-state index contributed by atoms with van der Waals surface area (Å²) in [7, 11) is 0. The fraction of sp³-hybridized carbons (Fsp3) is 0.167. The SMILES string of the molecule is CCOc1ccc(NC(=O)c2n[nH]c([N+](=O)[O-])c2Br)c([N+](=O)[O-])c1. The molecule has 0 aliphatic heterocycles. The Hall–Kier alpha value is -3.02. The van der Waals surface area contributed by atoms with Crippen LogP contribution in [0.3, 0.4) is 0 Å². The molecule has 12 heteroatoms. The van der Waals surface area contributed by atoms with Gasteiger partial charge in [-0.25, -0.2) is 0 Å². The number of anilines is 1. The molecule has 24 heavy (non-hydrogen) atoms. The van der Waals surface area contributed by atoms with E-state index >= 15 is 0 Å². The van der Waals surface area contributed by atoms with Gasteiger partial charge >= 0.3 is 5.82 Å². The van der Waals surface area contributed by atoms with Crippen LogP contribution in [-0.4, -0.2) is 32.6 Å². The first-order valence-electron chi connectivity index (χ1n) is 6.46. The maximum atomic E-state index is 12.2. The molecule has 0 radical (unpaired) electrons. The van der Waals surface area contributed by atoms with Crippen molar-refractivity contribution in [3.05, 3.63) is 48.6 Å². The van der Waals surface area contributed by atoms with E-state index in [1.807, 2.05) is 0 Å². The summed E-state index contributed by atoms with van der Waals surface area (Å²) in [5.74, 6) is -1.07. The van der Waals surface area contributed by atoms with Crippen LogP contribution in [0.15, 0.2) is 22.7 Å². The summed E-state index contributed by atoms with van der Waals surface area (Å²) in [5, 5.41) is 29.8. The number of nitrogens with one attached hydrogen (secondary N) is 2. The highest BCUT2D eigenvalue weighted by Gasteiger charge is 2.26. The molecule has 0 bridgehead atoms. The molecule has 126 valence electrons. The predicted molar refractivity (Wildman–Crippen MR) is 85.2 cm³/mol. The number of benzene rings is 1. The first-order valence-corrected chi connectivity index (χ1v) is 7.25. The summed E-state index contributed by atoms with van der Waals surface area (Å²) in [6, 6.07) is 3.92. The summed E-state index contributed by atoms with van der Waals surface area (Å²) in [5.41, 5.74) is -0.772. The summed E-state index contributed by atoms with van der Waals surface area (Å²) < 4.78 is 5.02. The lowest BCUT2D eigenvalue weighted by atomic mass is 10.2. The van der Waals surface area contributed by atoms with Gasteiger partial charge in [-0.15, -0.1) is 5.10 Å². The smallest absolute Gasteiger partial charge is 0.357 e. The van der Waals surface area contributed by atoms with Gasteiger partial charge in [0.25, 0.3) is 11.6 Å². The van der Waals surface area contributed by atoms with E-state index in [1.54, 1.807) is 6.92 Å². The lowest BCUT2D eigenvalue weighted by Gasteiger charge is -2.07. The Morgan fingerprint density at radius 2 is 2.08 bits per heavy atom. The summed E-state index contributed by atoms with van der Waals surface area (Å²) >= 11 is 2.90. The number of carbonyl (C=O) groups is 1. The predicted octanol–water partition coefficient (Wildman–Crippen LogP) is 2.64. The van der Waals surface area contributed by atoms with Crippen molar-refractivity contribution < 1.29 is 19.4 Å². The van der Waals surface area contributed by atoms with E-state index in [9.17, 15) is 25.0 Å². The molecule has 0 aliphatic carbocycles. The molecule has 2 N–H and O–H groups in total. The van der Waals surface area contributed by atoms with Crippen LogP contribution in [-0.2, 0) is 0 Å². The van der Waals surface area contributed by atoms with Gasteiger partial charge in [0.2, 0.25) is 0 Å². The molecular weight excluding hydrogens is 390 g/mol.